The van der Waals surface area contributed by atoms with Gasteiger partial charge in [0, 0.05) is 35.5 Å². The first-order chi connectivity index (χ1) is 14.7. The molecule has 1 unspecified atom stereocenters. The van der Waals surface area contributed by atoms with Crippen molar-refractivity contribution in [3.8, 4) is 0 Å². The van der Waals surface area contributed by atoms with Crippen LogP contribution in [0.5, 0.6) is 0 Å². The topological polar surface area (TPSA) is 79.5 Å². The molecule has 0 bridgehead atoms. The van der Waals surface area contributed by atoms with Crippen LogP contribution in [0.2, 0.25) is 0 Å². The second-order valence-electron chi connectivity index (χ2n) is 7.35. The molecule has 6 heteroatoms. The van der Waals surface area contributed by atoms with Gasteiger partial charge in [-0.05, 0) is 48.6 Å². The second kappa shape index (κ2) is 9.41. The standard InChI is InChI=1S/C24H25N3O3/c28-23(16-25-22-9-3-6-17-5-1-2-8-21(17)22)27-19-12-10-18(11-13-19)24(29)26-15-20-7-4-14-30-20/h1-3,5-6,8-13,20,25H,4,7,14-16H2,(H,26,29)(H,27,28). The summed E-state index contributed by atoms with van der Waals surface area (Å²) < 4.78 is 5.51. The molecular weight excluding hydrogens is 378 g/mol. The number of ether oxygens (including phenoxy) is 1. The van der Waals surface area contributed by atoms with Crippen LogP contribution in [0.25, 0.3) is 10.8 Å². The van der Waals surface area contributed by atoms with E-state index in [1.807, 2.05) is 42.5 Å². The third kappa shape index (κ3) is 4.96. The van der Waals surface area contributed by atoms with Crippen molar-refractivity contribution < 1.29 is 14.3 Å². The average Bonchev–Trinajstić information content (AvgIpc) is 3.30. The number of fused-ring (bicyclic) bond motifs is 1. The van der Waals surface area contributed by atoms with Crippen LogP contribution in [-0.4, -0.2) is 37.6 Å². The van der Waals surface area contributed by atoms with Crippen molar-refractivity contribution in [3.05, 3.63) is 72.3 Å². The highest BCUT2D eigenvalue weighted by atomic mass is 16.5. The number of amides is 2. The number of carbonyl (C=O) groups is 2. The van der Waals surface area contributed by atoms with Crippen molar-refractivity contribution in [2.75, 3.05) is 30.3 Å². The van der Waals surface area contributed by atoms with Crippen LogP contribution in [0, 0.1) is 0 Å². The summed E-state index contributed by atoms with van der Waals surface area (Å²) in [6, 6.07) is 20.9. The third-order valence-electron chi connectivity index (χ3n) is 5.17. The number of hydrogen-bond donors (Lipinski definition) is 3. The third-order valence-corrected chi connectivity index (χ3v) is 5.17. The summed E-state index contributed by atoms with van der Waals surface area (Å²) in [5.74, 6) is -0.292. The van der Waals surface area contributed by atoms with Crippen LogP contribution >= 0.6 is 0 Å². The zero-order valence-corrected chi connectivity index (χ0v) is 16.7. The van der Waals surface area contributed by atoms with Crippen LogP contribution in [0.4, 0.5) is 11.4 Å². The van der Waals surface area contributed by atoms with Crippen LogP contribution < -0.4 is 16.0 Å². The van der Waals surface area contributed by atoms with Crippen molar-refractivity contribution in [2.45, 2.75) is 18.9 Å². The van der Waals surface area contributed by atoms with Crippen LogP contribution in [0.1, 0.15) is 23.2 Å². The average molecular weight is 403 g/mol. The van der Waals surface area contributed by atoms with Crippen LogP contribution in [-0.2, 0) is 9.53 Å². The Morgan fingerprint density at radius 3 is 2.57 bits per heavy atom. The Bertz CT molecular complexity index is 1020. The van der Waals surface area contributed by atoms with Gasteiger partial charge in [-0.1, -0.05) is 36.4 Å². The maximum absolute atomic E-state index is 12.3. The minimum absolute atomic E-state index is 0.113. The first kappa shape index (κ1) is 19.9. The number of hydrogen-bond acceptors (Lipinski definition) is 4. The van der Waals surface area contributed by atoms with Crippen molar-refractivity contribution >= 4 is 34.0 Å². The van der Waals surface area contributed by atoms with Gasteiger partial charge in [0.05, 0.1) is 12.6 Å². The lowest BCUT2D eigenvalue weighted by molar-refractivity contribution is -0.114. The molecule has 0 aliphatic carbocycles. The number of anilines is 2. The summed E-state index contributed by atoms with van der Waals surface area (Å²) >= 11 is 0. The molecule has 30 heavy (non-hydrogen) atoms. The zero-order valence-electron chi connectivity index (χ0n) is 16.7. The lowest BCUT2D eigenvalue weighted by Gasteiger charge is -2.12. The van der Waals surface area contributed by atoms with E-state index in [9.17, 15) is 9.59 Å². The molecule has 4 rings (SSSR count). The predicted molar refractivity (Wildman–Crippen MR) is 119 cm³/mol. The maximum atomic E-state index is 12.3. The zero-order chi connectivity index (χ0) is 20.8. The van der Waals surface area contributed by atoms with E-state index in [2.05, 4.69) is 16.0 Å². The van der Waals surface area contributed by atoms with Crippen LogP contribution in [0.3, 0.4) is 0 Å². The van der Waals surface area contributed by atoms with Gasteiger partial charge in [-0.15, -0.1) is 0 Å². The van der Waals surface area contributed by atoms with Crippen molar-refractivity contribution in [1.29, 1.82) is 0 Å². The molecule has 0 saturated carbocycles. The van der Waals surface area contributed by atoms with E-state index >= 15 is 0 Å². The van der Waals surface area contributed by atoms with E-state index in [0.29, 0.717) is 17.8 Å². The molecule has 6 nitrogen and oxygen atoms in total. The molecule has 0 radical (unpaired) electrons. The summed E-state index contributed by atoms with van der Waals surface area (Å²) in [4.78, 5) is 24.6. The van der Waals surface area contributed by atoms with E-state index in [4.69, 9.17) is 4.74 Å². The lowest BCUT2D eigenvalue weighted by Crippen LogP contribution is -2.31. The molecule has 3 N–H and O–H groups in total. The molecule has 154 valence electrons. The number of nitrogens with one attached hydrogen (secondary N) is 3. The van der Waals surface area contributed by atoms with Gasteiger partial charge < -0.3 is 20.7 Å². The molecule has 1 saturated heterocycles. The Balaban J connectivity index is 1.28. The molecule has 3 aromatic rings. The first-order valence-electron chi connectivity index (χ1n) is 10.2. The monoisotopic (exact) mass is 403 g/mol. The highest BCUT2D eigenvalue weighted by Gasteiger charge is 2.16. The molecule has 1 heterocycles. The molecule has 1 fully saturated rings. The van der Waals surface area contributed by atoms with Gasteiger partial charge in [-0.25, -0.2) is 0 Å². The number of benzene rings is 3. The quantitative estimate of drug-likeness (QED) is 0.561. The fraction of sp³-hybridized carbons (Fsp3) is 0.250. The highest BCUT2D eigenvalue weighted by molar-refractivity contribution is 5.98. The van der Waals surface area contributed by atoms with Crippen LogP contribution in [0.15, 0.2) is 66.7 Å². The molecule has 3 aromatic carbocycles. The minimum atomic E-state index is -0.154. The number of carbonyl (C=O) groups excluding carboxylic acids is 2. The van der Waals surface area contributed by atoms with Gasteiger partial charge in [-0.3, -0.25) is 9.59 Å². The Labute approximate surface area is 175 Å². The van der Waals surface area contributed by atoms with Gasteiger partial charge in [0.1, 0.15) is 0 Å². The normalized spacial score (nSPS) is 15.7. The minimum Gasteiger partial charge on any atom is -0.376 e. The van der Waals surface area contributed by atoms with E-state index < -0.39 is 0 Å². The smallest absolute Gasteiger partial charge is 0.251 e. The summed E-state index contributed by atoms with van der Waals surface area (Å²) in [7, 11) is 0. The summed E-state index contributed by atoms with van der Waals surface area (Å²) in [6.45, 7) is 1.44. The fourth-order valence-corrected chi connectivity index (χ4v) is 3.58. The Morgan fingerprint density at radius 2 is 1.77 bits per heavy atom. The molecular formula is C24H25N3O3. The van der Waals surface area contributed by atoms with Gasteiger partial charge in [-0.2, -0.15) is 0 Å². The fourth-order valence-electron chi connectivity index (χ4n) is 3.58. The Morgan fingerprint density at radius 1 is 0.967 bits per heavy atom. The van der Waals surface area contributed by atoms with Crippen molar-refractivity contribution in [1.82, 2.24) is 5.32 Å². The largest absolute Gasteiger partial charge is 0.376 e. The lowest BCUT2D eigenvalue weighted by atomic mass is 10.1. The van der Waals surface area contributed by atoms with Gasteiger partial charge in [0.25, 0.3) is 5.91 Å². The van der Waals surface area contributed by atoms with E-state index in [-0.39, 0.29) is 24.5 Å². The molecule has 0 aromatic heterocycles. The summed E-state index contributed by atoms with van der Waals surface area (Å²) in [6.07, 6.45) is 2.14. The molecule has 1 aliphatic rings. The van der Waals surface area contributed by atoms with E-state index in [1.165, 1.54) is 0 Å². The van der Waals surface area contributed by atoms with Gasteiger partial charge in [0.15, 0.2) is 0 Å². The number of rotatable bonds is 7. The highest BCUT2D eigenvalue weighted by Crippen LogP contribution is 2.22. The Hall–Kier alpha value is -3.38. The first-order valence-corrected chi connectivity index (χ1v) is 10.2. The Kier molecular flexibility index (Phi) is 6.25. The van der Waals surface area contributed by atoms with Gasteiger partial charge >= 0.3 is 0 Å². The second-order valence-corrected chi connectivity index (χ2v) is 7.35. The maximum Gasteiger partial charge on any atom is 0.251 e. The SMILES string of the molecule is O=C(CNc1cccc2ccccc12)Nc1ccc(C(=O)NCC2CCCO2)cc1. The molecule has 2 amide bonds. The van der Waals surface area contributed by atoms with Gasteiger partial charge in [0.2, 0.25) is 5.91 Å². The van der Waals surface area contributed by atoms with E-state index in [1.54, 1.807) is 24.3 Å². The van der Waals surface area contributed by atoms with Crippen molar-refractivity contribution in [3.63, 3.8) is 0 Å². The van der Waals surface area contributed by atoms with Crippen molar-refractivity contribution in [2.24, 2.45) is 0 Å². The predicted octanol–water partition coefficient (Wildman–Crippen LogP) is 3.80. The molecule has 0 spiro atoms. The summed E-state index contributed by atoms with van der Waals surface area (Å²) in [5, 5.41) is 11.1. The molecule has 1 atom stereocenters. The van der Waals surface area contributed by atoms with E-state index in [0.717, 1.165) is 35.9 Å². The molecule has 1 aliphatic heterocycles. The summed E-state index contributed by atoms with van der Waals surface area (Å²) in [5.41, 5.74) is 2.12.